The van der Waals surface area contributed by atoms with Crippen molar-refractivity contribution in [2.75, 3.05) is 5.75 Å². The summed E-state index contributed by atoms with van der Waals surface area (Å²) in [5.41, 5.74) is 0. The van der Waals surface area contributed by atoms with E-state index in [0.29, 0.717) is 5.92 Å². The van der Waals surface area contributed by atoms with Crippen molar-refractivity contribution < 1.29 is 4.79 Å². The van der Waals surface area contributed by atoms with Crippen LogP contribution >= 0.6 is 11.8 Å². The molecule has 1 unspecified atom stereocenters. The third kappa shape index (κ3) is 1.78. The summed E-state index contributed by atoms with van der Waals surface area (Å²) in [5.74, 6) is 1.90. The molecule has 2 fully saturated rings. The van der Waals surface area contributed by atoms with Crippen molar-refractivity contribution in [3.05, 3.63) is 0 Å². The Morgan fingerprint density at radius 1 is 1.15 bits per heavy atom. The molecule has 2 rings (SSSR count). The van der Waals surface area contributed by atoms with Gasteiger partial charge in [-0.05, 0) is 37.4 Å². The highest BCUT2D eigenvalue weighted by Gasteiger charge is 2.41. The predicted octanol–water partition coefficient (Wildman–Crippen LogP) is 3.03. The van der Waals surface area contributed by atoms with E-state index >= 15 is 0 Å². The summed E-state index contributed by atoms with van der Waals surface area (Å²) in [6, 6.07) is 0. The number of hydrogen-bond donors (Lipinski definition) is 0. The van der Waals surface area contributed by atoms with Crippen molar-refractivity contribution >= 4 is 18.0 Å². The van der Waals surface area contributed by atoms with Crippen LogP contribution in [0.2, 0.25) is 0 Å². The molecule has 74 valence electrons. The molecular formula is C11H18OS. The van der Waals surface area contributed by atoms with Crippen LogP contribution in [0.3, 0.4) is 0 Å². The maximum atomic E-state index is 11.2. The molecule has 1 nitrogen and oxygen atoms in total. The van der Waals surface area contributed by atoms with Gasteiger partial charge in [-0.3, -0.25) is 0 Å². The lowest BCUT2D eigenvalue weighted by molar-refractivity contribution is -0.111. The van der Waals surface area contributed by atoms with Crippen molar-refractivity contribution in [1.82, 2.24) is 0 Å². The molecule has 0 N–H and O–H groups in total. The predicted molar refractivity (Wildman–Crippen MR) is 57.1 cm³/mol. The fourth-order valence-corrected chi connectivity index (χ4v) is 4.28. The van der Waals surface area contributed by atoms with Crippen molar-refractivity contribution in [2.24, 2.45) is 5.92 Å². The SMILES string of the molecule is O=CC1(C2CCCCC2)CCCS1. The summed E-state index contributed by atoms with van der Waals surface area (Å²) in [6.07, 6.45) is 10.3. The van der Waals surface area contributed by atoms with Gasteiger partial charge in [0.2, 0.25) is 0 Å². The second-order valence-corrected chi connectivity index (χ2v) is 5.82. The smallest absolute Gasteiger partial charge is 0.136 e. The largest absolute Gasteiger partial charge is 0.302 e. The standard InChI is InChI=1S/C11H18OS/c12-9-11(7-4-8-13-11)10-5-2-1-3-6-10/h9-10H,1-8H2. The molecule has 0 bridgehead atoms. The summed E-state index contributed by atoms with van der Waals surface area (Å²) in [7, 11) is 0. The fraction of sp³-hybridized carbons (Fsp3) is 0.909. The van der Waals surface area contributed by atoms with E-state index in [1.165, 1.54) is 50.6 Å². The first-order valence-electron chi connectivity index (χ1n) is 5.48. The van der Waals surface area contributed by atoms with Crippen molar-refractivity contribution in [1.29, 1.82) is 0 Å². The first kappa shape index (κ1) is 9.57. The van der Waals surface area contributed by atoms with Crippen LogP contribution in [0.25, 0.3) is 0 Å². The topological polar surface area (TPSA) is 17.1 Å². The van der Waals surface area contributed by atoms with Gasteiger partial charge >= 0.3 is 0 Å². The Morgan fingerprint density at radius 2 is 1.92 bits per heavy atom. The number of aldehydes is 1. The Labute approximate surface area is 84.7 Å². The van der Waals surface area contributed by atoms with Gasteiger partial charge in [-0.1, -0.05) is 19.3 Å². The summed E-state index contributed by atoms with van der Waals surface area (Å²) >= 11 is 1.93. The van der Waals surface area contributed by atoms with Gasteiger partial charge in [-0.25, -0.2) is 0 Å². The monoisotopic (exact) mass is 198 g/mol. The summed E-state index contributed by atoms with van der Waals surface area (Å²) in [6.45, 7) is 0. The Kier molecular flexibility index (Phi) is 2.97. The molecule has 0 aromatic rings. The average molecular weight is 198 g/mol. The second-order valence-electron chi connectivity index (χ2n) is 4.36. The molecule has 0 radical (unpaired) electrons. The third-order valence-electron chi connectivity index (χ3n) is 3.58. The molecule has 2 heteroatoms. The number of thioether (sulfide) groups is 1. The summed E-state index contributed by atoms with van der Waals surface area (Å²) in [5, 5.41) is 0. The van der Waals surface area contributed by atoms with E-state index in [4.69, 9.17) is 0 Å². The van der Waals surface area contributed by atoms with Crippen LogP contribution in [0.4, 0.5) is 0 Å². The van der Waals surface area contributed by atoms with Crippen LogP contribution in [0.15, 0.2) is 0 Å². The molecule has 0 aromatic carbocycles. The van der Waals surface area contributed by atoms with Crippen LogP contribution in [0.1, 0.15) is 44.9 Å². The second kappa shape index (κ2) is 4.04. The van der Waals surface area contributed by atoms with Gasteiger partial charge in [0.05, 0.1) is 4.75 Å². The molecule has 2 aliphatic rings. The lowest BCUT2D eigenvalue weighted by Crippen LogP contribution is -2.35. The minimum Gasteiger partial charge on any atom is -0.302 e. The molecule has 1 atom stereocenters. The van der Waals surface area contributed by atoms with Gasteiger partial charge in [-0.2, -0.15) is 0 Å². The van der Waals surface area contributed by atoms with E-state index < -0.39 is 0 Å². The fourth-order valence-electron chi connectivity index (χ4n) is 2.79. The minimum atomic E-state index is 0.0421. The van der Waals surface area contributed by atoms with Crippen LogP contribution in [-0.4, -0.2) is 16.8 Å². The molecule has 1 heterocycles. The highest BCUT2D eigenvalue weighted by atomic mass is 32.2. The lowest BCUT2D eigenvalue weighted by atomic mass is 9.78. The quantitative estimate of drug-likeness (QED) is 0.634. The normalized spacial score (nSPS) is 36.3. The highest BCUT2D eigenvalue weighted by molar-refractivity contribution is 8.01. The van der Waals surface area contributed by atoms with Crippen LogP contribution in [0.5, 0.6) is 0 Å². The highest BCUT2D eigenvalue weighted by Crippen LogP contribution is 2.47. The molecule has 0 aromatic heterocycles. The number of carbonyl (C=O) groups is 1. The van der Waals surface area contributed by atoms with E-state index in [0.717, 1.165) is 6.42 Å². The van der Waals surface area contributed by atoms with Gasteiger partial charge in [0.15, 0.2) is 0 Å². The zero-order chi connectivity index (χ0) is 9.15. The Bertz CT molecular complexity index is 179. The Balaban J connectivity index is 2.05. The van der Waals surface area contributed by atoms with Crippen molar-refractivity contribution in [3.63, 3.8) is 0 Å². The van der Waals surface area contributed by atoms with Crippen molar-refractivity contribution in [2.45, 2.75) is 49.7 Å². The summed E-state index contributed by atoms with van der Waals surface area (Å²) in [4.78, 5) is 11.2. The Hall–Kier alpha value is 0.0200. The zero-order valence-corrected chi connectivity index (χ0v) is 8.94. The van der Waals surface area contributed by atoms with Gasteiger partial charge in [-0.15, -0.1) is 11.8 Å². The molecule has 0 amide bonds. The van der Waals surface area contributed by atoms with Crippen LogP contribution in [-0.2, 0) is 4.79 Å². The minimum absolute atomic E-state index is 0.0421. The van der Waals surface area contributed by atoms with E-state index in [1.54, 1.807) is 0 Å². The van der Waals surface area contributed by atoms with Gasteiger partial charge < -0.3 is 4.79 Å². The molecule has 0 spiro atoms. The summed E-state index contributed by atoms with van der Waals surface area (Å²) < 4.78 is 0.0421. The molecule has 1 aliphatic heterocycles. The molecule has 1 saturated heterocycles. The maximum Gasteiger partial charge on any atom is 0.136 e. The maximum absolute atomic E-state index is 11.2. The van der Waals surface area contributed by atoms with Gasteiger partial charge in [0, 0.05) is 0 Å². The van der Waals surface area contributed by atoms with E-state index in [9.17, 15) is 4.79 Å². The molecule has 1 saturated carbocycles. The lowest BCUT2D eigenvalue weighted by Gasteiger charge is -2.34. The van der Waals surface area contributed by atoms with E-state index in [2.05, 4.69) is 0 Å². The van der Waals surface area contributed by atoms with Crippen molar-refractivity contribution in [3.8, 4) is 0 Å². The molecule has 13 heavy (non-hydrogen) atoms. The number of carbonyl (C=O) groups excluding carboxylic acids is 1. The zero-order valence-electron chi connectivity index (χ0n) is 8.13. The Morgan fingerprint density at radius 3 is 2.46 bits per heavy atom. The van der Waals surface area contributed by atoms with Gasteiger partial charge in [0.1, 0.15) is 6.29 Å². The van der Waals surface area contributed by atoms with E-state index in [-0.39, 0.29) is 4.75 Å². The van der Waals surface area contributed by atoms with Crippen LogP contribution in [0, 0.1) is 5.92 Å². The number of hydrogen-bond acceptors (Lipinski definition) is 2. The first-order valence-corrected chi connectivity index (χ1v) is 6.46. The third-order valence-corrected chi connectivity index (χ3v) is 5.24. The van der Waals surface area contributed by atoms with Gasteiger partial charge in [0.25, 0.3) is 0 Å². The molecule has 1 aliphatic carbocycles. The number of rotatable bonds is 2. The van der Waals surface area contributed by atoms with E-state index in [1.807, 2.05) is 11.8 Å². The average Bonchev–Trinajstić information content (AvgIpc) is 2.69. The van der Waals surface area contributed by atoms with Crippen LogP contribution < -0.4 is 0 Å². The molecular weight excluding hydrogens is 180 g/mol. The first-order chi connectivity index (χ1) is 6.37.